The summed E-state index contributed by atoms with van der Waals surface area (Å²) in [5.41, 5.74) is 4.67. The third-order valence-corrected chi connectivity index (χ3v) is 9.74. The van der Waals surface area contributed by atoms with Gasteiger partial charge in [0.1, 0.15) is 21.3 Å². The van der Waals surface area contributed by atoms with Crippen LogP contribution < -0.4 is 5.32 Å². The molecule has 11 heteroatoms. The minimum Gasteiger partial charge on any atom is -0.507 e. The Labute approximate surface area is 258 Å². The lowest BCUT2D eigenvalue weighted by Crippen LogP contribution is -2.25. The number of hydrogen-bond donors (Lipinski definition) is 4. The van der Waals surface area contributed by atoms with Gasteiger partial charge in [-0.05, 0) is 66.3 Å². The molecule has 4 aromatic rings. The first-order valence-electron chi connectivity index (χ1n) is 14.3. The first kappa shape index (κ1) is 33.0. The van der Waals surface area contributed by atoms with Crippen LogP contribution in [0.4, 0.5) is 0 Å². The number of carbonyl (C=O) groups excluding carboxylic acids is 1. The van der Waals surface area contributed by atoms with Gasteiger partial charge in [0.05, 0.1) is 5.39 Å². The van der Waals surface area contributed by atoms with Crippen LogP contribution in [0.1, 0.15) is 60.5 Å². The third kappa shape index (κ3) is 6.90. The van der Waals surface area contributed by atoms with E-state index in [2.05, 4.69) is 12.2 Å². The van der Waals surface area contributed by atoms with Crippen LogP contribution in [0.2, 0.25) is 0 Å². The number of unbranched alkanes of at least 4 members (excludes halogenated alkanes) is 4. The van der Waals surface area contributed by atoms with Gasteiger partial charge in [-0.2, -0.15) is 8.42 Å². The highest BCUT2D eigenvalue weighted by Crippen LogP contribution is 2.46. The largest absolute Gasteiger partial charge is 0.507 e. The number of phenolic OH excluding ortho intramolecular Hbond substituents is 2. The Morgan fingerprint density at radius 2 is 1.36 bits per heavy atom. The van der Waals surface area contributed by atoms with Crippen LogP contribution in [0.15, 0.2) is 64.4 Å². The van der Waals surface area contributed by atoms with Crippen LogP contribution >= 0.6 is 0 Å². The summed E-state index contributed by atoms with van der Waals surface area (Å²) in [6, 6.07) is 14.5. The van der Waals surface area contributed by atoms with Crippen molar-refractivity contribution in [2.45, 2.75) is 62.7 Å². The Hall–Kier alpha value is -3.93. The number of benzene rings is 4. The highest BCUT2D eigenvalue weighted by molar-refractivity contribution is 7.91. The molecular weight excluding hydrogens is 602 g/mol. The van der Waals surface area contributed by atoms with Crippen molar-refractivity contribution < 1.29 is 36.4 Å². The van der Waals surface area contributed by atoms with Crippen LogP contribution in [0.5, 0.6) is 11.5 Å². The number of phenols is 2. The van der Waals surface area contributed by atoms with E-state index < -0.39 is 46.6 Å². The predicted octanol–water partition coefficient (Wildman–Crippen LogP) is 6.55. The van der Waals surface area contributed by atoms with Gasteiger partial charge in [-0.25, -0.2) is 8.42 Å². The monoisotopic (exact) mass is 639 g/mol. The molecule has 4 aromatic carbocycles. The molecule has 0 fully saturated rings. The molecule has 0 spiro atoms. The molecule has 4 N–H and O–H groups in total. The van der Waals surface area contributed by atoms with Gasteiger partial charge < -0.3 is 15.5 Å². The lowest BCUT2D eigenvalue weighted by atomic mass is 9.92. The molecule has 0 saturated heterocycles. The van der Waals surface area contributed by atoms with E-state index in [4.69, 9.17) is 0 Å². The third-order valence-electron chi connectivity index (χ3n) is 7.74. The average Bonchev–Trinajstić information content (AvgIpc) is 2.94. The summed E-state index contributed by atoms with van der Waals surface area (Å²) >= 11 is 0. The fourth-order valence-electron chi connectivity index (χ4n) is 5.41. The summed E-state index contributed by atoms with van der Waals surface area (Å²) in [6.45, 7) is 6.49. The lowest BCUT2D eigenvalue weighted by Gasteiger charge is -2.16. The number of aryl methyl sites for hydroxylation is 2. The molecular formula is C33H37NO8S2. The quantitative estimate of drug-likeness (QED) is 0.106. The number of nitrogens with one attached hydrogen (secondary N) is 1. The standard InChI is InChI=1S/C33H37NO8S2/c1-5-6-7-8-9-16-34-33(37)25-13-11-23(18-21(25)3)22-10-12-24(20(2)17-22)26-14-15-27-28(44(40,41)42)19-29(43(4,38)39)32(36)30(27)31(26)35/h10-15,17-19,35-36H,5-9,16H2,1-4H3,(H,34,37)(H,40,41,42). The van der Waals surface area contributed by atoms with E-state index in [-0.39, 0.29) is 16.9 Å². The molecule has 44 heavy (non-hydrogen) atoms. The Morgan fingerprint density at radius 1 is 0.750 bits per heavy atom. The van der Waals surface area contributed by atoms with Gasteiger partial charge in [0.15, 0.2) is 9.84 Å². The Kier molecular flexibility index (Phi) is 9.72. The molecule has 0 radical (unpaired) electrons. The molecule has 1 amide bonds. The van der Waals surface area contributed by atoms with Crippen molar-refractivity contribution in [3.63, 3.8) is 0 Å². The van der Waals surface area contributed by atoms with Crippen LogP contribution in [-0.4, -0.2) is 50.3 Å². The fourth-order valence-corrected chi connectivity index (χ4v) is 6.98. The van der Waals surface area contributed by atoms with Crippen molar-refractivity contribution in [3.05, 3.63) is 71.3 Å². The highest BCUT2D eigenvalue weighted by Gasteiger charge is 2.27. The molecule has 0 aliphatic carbocycles. The van der Waals surface area contributed by atoms with E-state index in [1.807, 2.05) is 38.1 Å². The van der Waals surface area contributed by atoms with Gasteiger partial charge in [-0.1, -0.05) is 69.0 Å². The number of amides is 1. The van der Waals surface area contributed by atoms with E-state index in [0.717, 1.165) is 41.4 Å². The molecule has 9 nitrogen and oxygen atoms in total. The molecule has 0 aliphatic heterocycles. The summed E-state index contributed by atoms with van der Waals surface area (Å²) in [5.74, 6) is -1.47. The van der Waals surface area contributed by atoms with Crippen LogP contribution in [-0.2, 0) is 20.0 Å². The summed E-state index contributed by atoms with van der Waals surface area (Å²) in [4.78, 5) is 11.2. The van der Waals surface area contributed by atoms with Gasteiger partial charge in [0.2, 0.25) is 0 Å². The maximum atomic E-state index is 12.7. The summed E-state index contributed by atoms with van der Waals surface area (Å²) in [7, 11) is -9.03. The zero-order valence-corrected chi connectivity index (χ0v) is 26.8. The zero-order chi connectivity index (χ0) is 32.4. The number of sulfone groups is 1. The second-order valence-electron chi connectivity index (χ2n) is 11.1. The fraction of sp³-hybridized carbons (Fsp3) is 0.303. The van der Waals surface area contributed by atoms with Crippen molar-refractivity contribution in [2.75, 3.05) is 12.8 Å². The number of carbonyl (C=O) groups is 1. The van der Waals surface area contributed by atoms with Gasteiger partial charge >= 0.3 is 0 Å². The van der Waals surface area contributed by atoms with Crippen LogP contribution in [0, 0.1) is 13.8 Å². The Morgan fingerprint density at radius 3 is 1.95 bits per heavy atom. The number of aromatic hydroxyl groups is 2. The van der Waals surface area contributed by atoms with Gasteiger partial charge in [-0.15, -0.1) is 0 Å². The SMILES string of the molecule is CCCCCCCNC(=O)c1ccc(-c2ccc(-c3ccc4c(S(=O)(=O)O)cc(S(C)(=O)=O)c(O)c4c3O)c(C)c2)cc1C. The maximum absolute atomic E-state index is 12.7. The number of hydrogen-bond acceptors (Lipinski definition) is 7. The molecule has 0 saturated carbocycles. The molecule has 0 unspecified atom stereocenters. The van der Waals surface area contributed by atoms with Crippen molar-refractivity contribution in [3.8, 4) is 33.8 Å². The number of rotatable bonds is 11. The summed E-state index contributed by atoms with van der Waals surface area (Å²) in [6.07, 6.45) is 6.35. The van der Waals surface area contributed by atoms with Gasteiger partial charge in [0.25, 0.3) is 16.0 Å². The minimum atomic E-state index is -4.90. The van der Waals surface area contributed by atoms with Crippen LogP contribution in [0.3, 0.4) is 0 Å². The van der Waals surface area contributed by atoms with Crippen molar-refractivity contribution in [1.29, 1.82) is 0 Å². The lowest BCUT2D eigenvalue weighted by molar-refractivity contribution is 0.0952. The Bertz CT molecular complexity index is 1970. The molecule has 0 aromatic heterocycles. The van der Waals surface area contributed by atoms with Crippen LogP contribution in [0.25, 0.3) is 33.0 Å². The Balaban J connectivity index is 1.68. The summed E-state index contributed by atoms with van der Waals surface area (Å²) < 4.78 is 58.5. The van der Waals surface area contributed by atoms with Crippen molar-refractivity contribution in [2.24, 2.45) is 0 Å². The van der Waals surface area contributed by atoms with Crippen molar-refractivity contribution in [1.82, 2.24) is 5.32 Å². The van der Waals surface area contributed by atoms with Gasteiger partial charge in [0, 0.05) is 29.3 Å². The predicted molar refractivity (Wildman–Crippen MR) is 172 cm³/mol. The summed E-state index contributed by atoms with van der Waals surface area (Å²) in [5, 5.41) is 24.4. The van der Waals surface area contributed by atoms with E-state index in [1.54, 1.807) is 12.1 Å². The smallest absolute Gasteiger partial charge is 0.295 e. The zero-order valence-electron chi connectivity index (χ0n) is 25.1. The molecule has 0 aliphatic rings. The first-order chi connectivity index (χ1) is 20.6. The minimum absolute atomic E-state index is 0.109. The number of fused-ring (bicyclic) bond motifs is 1. The first-order valence-corrected chi connectivity index (χ1v) is 17.7. The van der Waals surface area contributed by atoms with Gasteiger partial charge in [-0.3, -0.25) is 9.35 Å². The maximum Gasteiger partial charge on any atom is 0.295 e. The topological polar surface area (TPSA) is 158 Å². The second kappa shape index (κ2) is 13.0. The normalized spacial score (nSPS) is 12.0. The molecule has 4 rings (SSSR count). The molecule has 0 heterocycles. The van der Waals surface area contributed by atoms with E-state index >= 15 is 0 Å². The van der Waals surface area contributed by atoms with E-state index in [1.165, 1.54) is 31.4 Å². The molecule has 234 valence electrons. The highest BCUT2D eigenvalue weighted by atomic mass is 32.2. The van der Waals surface area contributed by atoms with E-state index in [0.29, 0.717) is 23.7 Å². The molecule has 0 bridgehead atoms. The van der Waals surface area contributed by atoms with E-state index in [9.17, 15) is 36.4 Å². The molecule has 0 atom stereocenters. The van der Waals surface area contributed by atoms with Crippen molar-refractivity contribution >= 4 is 36.6 Å². The average molecular weight is 640 g/mol. The second-order valence-corrected chi connectivity index (χ2v) is 14.5.